The van der Waals surface area contributed by atoms with E-state index in [2.05, 4.69) is 10.6 Å². The highest BCUT2D eigenvalue weighted by atomic mass is 19.3. The molecule has 1 atom stereocenters. The van der Waals surface area contributed by atoms with Gasteiger partial charge >= 0.3 is 0 Å². The summed E-state index contributed by atoms with van der Waals surface area (Å²) in [5.41, 5.74) is 0.256. The van der Waals surface area contributed by atoms with Crippen LogP contribution in [-0.2, 0) is 10.2 Å². The molecular weight excluding hydrogens is 281 g/mol. The lowest BCUT2D eigenvalue weighted by Crippen LogP contribution is -2.45. The number of halogens is 3. The fraction of sp³-hybridized carbons (Fsp3) is 0.533. The Morgan fingerprint density at radius 3 is 2.76 bits per heavy atom. The Morgan fingerprint density at radius 2 is 2.19 bits per heavy atom. The molecule has 1 aliphatic heterocycles. The highest BCUT2D eigenvalue weighted by molar-refractivity contribution is 5.82. The minimum absolute atomic E-state index is 0.249. The number of amides is 1. The Balaban J connectivity index is 1.94. The van der Waals surface area contributed by atoms with Crippen molar-refractivity contribution in [3.63, 3.8) is 0 Å². The predicted octanol–water partition coefficient (Wildman–Crippen LogP) is 2.22. The monoisotopic (exact) mass is 300 g/mol. The molecule has 6 heteroatoms. The summed E-state index contributed by atoms with van der Waals surface area (Å²) < 4.78 is 39.4. The Hall–Kier alpha value is -1.56. The van der Waals surface area contributed by atoms with Gasteiger partial charge in [-0.2, -0.15) is 0 Å². The molecule has 1 aromatic rings. The maximum atomic E-state index is 13.2. The molecule has 1 aliphatic rings. The van der Waals surface area contributed by atoms with E-state index in [1.807, 2.05) is 13.8 Å². The standard InChI is InChI=1S/C15H19F3N2O/c1-14(2,10-4-3-5-11(16)6-10)8-20-13(21)12-7-15(17,18)9-19-12/h3-6,12,19H,7-9H2,1-2H3,(H,20,21). The molecule has 3 nitrogen and oxygen atoms in total. The number of carbonyl (C=O) groups is 1. The zero-order valence-corrected chi connectivity index (χ0v) is 12.1. The molecule has 0 bridgehead atoms. The Bertz CT molecular complexity index is 531. The van der Waals surface area contributed by atoms with E-state index in [0.717, 1.165) is 5.56 Å². The summed E-state index contributed by atoms with van der Waals surface area (Å²) in [5, 5.41) is 5.17. The molecule has 0 saturated carbocycles. The van der Waals surface area contributed by atoms with Crippen molar-refractivity contribution >= 4 is 5.91 Å². The largest absolute Gasteiger partial charge is 0.354 e. The number of rotatable bonds is 4. The van der Waals surface area contributed by atoms with Crippen LogP contribution in [0.3, 0.4) is 0 Å². The number of nitrogens with one attached hydrogen (secondary N) is 2. The summed E-state index contributed by atoms with van der Waals surface area (Å²) in [7, 11) is 0. The van der Waals surface area contributed by atoms with Crippen LogP contribution in [0.2, 0.25) is 0 Å². The maximum Gasteiger partial charge on any atom is 0.262 e. The minimum atomic E-state index is -2.83. The normalized spacial score (nSPS) is 21.3. The lowest BCUT2D eigenvalue weighted by atomic mass is 9.84. The van der Waals surface area contributed by atoms with Crippen LogP contribution in [0.15, 0.2) is 24.3 Å². The van der Waals surface area contributed by atoms with Crippen LogP contribution in [-0.4, -0.2) is 31.0 Å². The van der Waals surface area contributed by atoms with E-state index in [0.29, 0.717) is 0 Å². The third-order valence-corrected chi connectivity index (χ3v) is 3.74. The van der Waals surface area contributed by atoms with Gasteiger partial charge in [0.15, 0.2) is 0 Å². The summed E-state index contributed by atoms with van der Waals surface area (Å²) >= 11 is 0. The molecule has 2 rings (SSSR count). The summed E-state index contributed by atoms with van der Waals surface area (Å²) in [5.74, 6) is -3.62. The van der Waals surface area contributed by atoms with Gasteiger partial charge in [0.05, 0.1) is 12.6 Å². The van der Waals surface area contributed by atoms with Gasteiger partial charge in [-0.1, -0.05) is 26.0 Å². The first-order chi connectivity index (χ1) is 9.70. The van der Waals surface area contributed by atoms with Crippen LogP contribution in [0.1, 0.15) is 25.8 Å². The first kappa shape index (κ1) is 15.8. The molecule has 1 saturated heterocycles. The molecule has 1 fully saturated rings. The number of hydrogen-bond donors (Lipinski definition) is 2. The van der Waals surface area contributed by atoms with Crippen LogP contribution in [0, 0.1) is 5.82 Å². The minimum Gasteiger partial charge on any atom is -0.354 e. The van der Waals surface area contributed by atoms with Gasteiger partial charge in [0, 0.05) is 18.4 Å². The fourth-order valence-corrected chi connectivity index (χ4v) is 2.34. The van der Waals surface area contributed by atoms with Gasteiger partial charge in [-0.15, -0.1) is 0 Å². The van der Waals surface area contributed by atoms with Crippen LogP contribution < -0.4 is 10.6 Å². The van der Waals surface area contributed by atoms with Gasteiger partial charge in [-0.3, -0.25) is 10.1 Å². The smallest absolute Gasteiger partial charge is 0.262 e. The fourth-order valence-electron chi connectivity index (χ4n) is 2.34. The quantitative estimate of drug-likeness (QED) is 0.895. The van der Waals surface area contributed by atoms with E-state index in [9.17, 15) is 18.0 Å². The third-order valence-electron chi connectivity index (χ3n) is 3.74. The first-order valence-electron chi connectivity index (χ1n) is 6.85. The molecule has 1 heterocycles. The van der Waals surface area contributed by atoms with Crippen LogP contribution in [0.4, 0.5) is 13.2 Å². The Labute approximate surface area is 121 Å². The molecule has 2 N–H and O–H groups in total. The van der Waals surface area contributed by atoms with Crippen molar-refractivity contribution in [1.82, 2.24) is 10.6 Å². The van der Waals surface area contributed by atoms with E-state index >= 15 is 0 Å². The number of benzene rings is 1. The van der Waals surface area contributed by atoms with Crippen LogP contribution in [0.25, 0.3) is 0 Å². The van der Waals surface area contributed by atoms with E-state index in [1.54, 1.807) is 12.1 Å². The molecule has 0 aliphatic carbocycles. The predicted molar refractivity (Wildman–Crippen MR) is 73.8 cm³/mol. The highest BCUT2D eigenvalue weighted by Crippen LogP contribution is 2.26. The number of hydrogen-bond acceptors (Lipinski definition) is 2. The van der Waals surface area contributed by atoms with Gasteiger partial charge in [-0.25, -0.2) is 13.2 Å². The molecule has 21 heavy (non-hydrogen) atoms. The SMILES string of the molecule is CC(C)(CNC(=O)C1CC(F)(F)CN1)c1cccc(F)c1. The molecule has 1 unspecified atom stereocenters. The molecule has 0 radical (unpaired) electrons. The maximum absolute atomic E-state index is 13.2. The molecular formula is C15H19F3N2O. The van der Waals surface area contributed by atoms with Gasteiger partial charge in [0.2, 0.25) is 5.91 Å². The molecule has 0 spiro atoms. The average Bonchev–Trinajstić information content (AvgIpc) is 2.76. The van der Waals surface area contributed by atoms with Crippen molar-refractivity contribution in [2.45, 2.75) is 37.6 Å². The van der Waals surface area contributed by atoms with Crippen LogP contribution in [0.5, 0.6) is 0 Å². The molecule has 1 amide bonds. The lowest BCUT2D eigenvalue weighted by molar-refractivity contribution is -0.123. The van der Waals surface area contributed by atoms with E-state index < -0.39 is 36.3 Å². The lowest BCUT2D eigenvalue weighted by Gasteiger charge is -2.26. The molecule has 1 aromatic carbocycles. The van der Waals surface area contributed by atoms with E-state index in [4.69, 9.17) is 0 Å². The van der Waals surface area contributed by atoms with Crippen LogP contribution >= 0.6 is 0 Å². The van der Waals surface area contributed by atoms with Crippen molar-refractivity contribution in [2.24, 2.45) is 0 Å². The van der Waals surface area contributed by atoms with Gasteiger partial charge in [0.25, 0.3) is 5.92 Å². The van der Waals surface area contributed by atoms with Crippen molar-refractivity contribution in [3.8, 4) is 0 Å². The topological polar surface area (TPSA) is 41.1 Å². The van der Waals surface area contributed by atoms with Crippen molar-refractivity contribution in [1.29, 1.82) is 0 Å². The summed E-state index contributed by atoms with van der Waals surface area (Å²) in [6.07, 6.45) is -0.487. The van der Waals surface area contributed by atoms with Crippen molar-refractivity contribution in [3.05, 3.63) is 35.6 Å². The second kappa shape index (κ2) is 5.67. The Morgan fingerprint density at radius 1 is 1.48 bits per heavy atom. The average molecular weight is 300 g/mol. The summed E-state index contributed by atoms with van der Waals surface area (Å²) in [4.78, 5) is 11.9. The highest BCUT2D eigenvalue weighted by Gasteiger charge is 2.42. The number of carbonyl (C=O) groups excluding carboxylic acids is 1. The van der Waals surface area contributed by atoms with Gasteiger partial charge < -0.3 is 5.32 Å². The zero-order valence-electron chi connectivity index (χ0n) is 12.1. The second-order valence-electron chi connectivity index (χ2n) is 6.11. The van der Waals surface area contributed by atoms with Crippen molar-refractivity contribution in [2.75, 3.05) is 13.1 Å². The first-order valence-corrected chi connectivity index (χ1v) is 6.85. The zero-order chi connectivity index (χ0) is 15.7. The Kier molecular flexibility index (Phi) is 4.27. The van der Waals surface area contributed by atoms with Gasteiger partial charge in [-0.05, 0) is 17.7 Å². The van der Waals surface area contributed by atoms with Gasteiger partial charge in [0.1, 0.15) is 5.82 Å². The molecule has 0 aromatic heterocycles. The summed E-state index contributed by atoms with van der Waals surface area (Å²) in [6, 6.07) is 5.27. The summed E-state index contributed by atoms with van der Waals surface area (Å²) in [6.45, 7) is 3.49. The van der Waals surface area contributed by atoms with Crippen molar-refractivity contribution < 1.29 is 18.0 Å². The van der Waals surface area contributed by atoms with E-state index in [-0.39, 0.29) is 12.4 Å². The third kappa shape index (κ3) is 3.97. The second-order valence-corrected chi connectivity index (χ2v) is 6.11. The molecule has 116 valence electrons. The van der Waals surface area contributed by atoms with E-state index in [1.165, 1.54) is 12.1 Å². The number of alkyl halides is 2.